The van der Waals surface area contributed by atoms with E-state index in [2.05, 4.69) is 58.4 Å². The van der Waals surface area contributed by atoms with Gasteiger partial charge in [-0.15, -0.1) is 0 Å². The van der Waals surface area contributed by atoms with Crippen LogP contribution in [-0.2, 0) is 24.8 Å². The van der Waals surface area contributed by atoms with E-state index in [0.717, 1.165) is 55.5 Å². The number of hydrogen-bond donors (Lipinski definition) is 1. The highest BCUT2D eigenvalue weighted by molar-refractivity contribution is 5.85. The van der Waals surface area contributed by atoms with Crippen molar-refractivity contribution >= 4 is 10.9 Å². The van der Waals surface area contributed by atoms with Crippen LogP contribution < -0.4 is 4.74 Å². The first-order valence-corrected chi connectivity index (χ1v) is 11.8. The molecule has 1 N–H and O–H groups in total. The Bertz CT molecular complexity index is 1300. The number of benzene rings is 3. The third-order valence-electron chi connectivity index (χ3n) is 7.93. The first-order chi connectivity index (χ1) is 16.1. The quantitative estimate of drug-likeness (QED) is 0.430. The molecule has 6 rings (SSSR count). The van der Waals surface area contributed by atoms with Crippen molar-refractivity contribution in [2.75, 3.05) is 20.2 Å². The van der Waals surface area contributed by atoms with Gasteiger partial charge < -0.3 is 9.72 Å². The van der Waals surface area contributed by atoms with Gasteiger partial charge in [0.25, 0.3) is 0 Å². The van der Waals surface area contributed by atoms with Crippen LogP contribution >= 0.6 is 0 Å². The minimum absolute atomic E-state index is 0.0498. The molecule has 2 atom stereocenters. The van der Waals surface area contributed by atoms with Crippen molar-refractivity contribution in [3.8, 4) is 5.75 Å². The number of fused-ring (bicyclic) bond motifs is 4. The van der Waals surface area contributed by atoms with Crippen LogP contribution in [0.1, 0.15) is 28.8 Å². The highest BCUT2D eigenvalue weighted by Gasteiger charge is 2.48. The zero-order valence-electron chi connectivity index (χ0n) is 19.0. The molecule has 2 heterocycles. The molecule has 33 heavy (non-hydrogen) atoms. The molecule has 1 aliphatic carbocycles. The average molecular weight is 441 g/mol. The Kier molecular flexibility index (Phi) is 4.99. The Morgan fingerprint density at radius 3 is 2.79 bits per heavy atom. The first-order valence-electron chi connectivity index (χ1n) is 11.8. The maximum Gasteiger partial charge on any atom is 0.123 e. The molecule has 4 aromatic rings. The van der Waals surface area contributed by atoms with Gasteiger partial charge in [-0.3, -0.25) is 4.90 Å². The summed E-state index contributed by atoms with van der Waals surface area (Å²) in [6, 6.07) is 24.5. The Hall–Kier alpha value is -3.11. The van der Waals surface area contributed by atoms with Crippen molar-refractivity contribution in [3.63, 3.8) is 0 Å². The van der Waals surface area contributed by atoms with Crippen LogP contribution in [0.15, 0.2) is 72.8 Å². The Labute approximate surface area is 194 Å². The lowest BCUT2D eigenvalue weighted by Crippen LogP contribution is -2.53. The molecular weight excluding hydrogens is 411 g/mol. The molecule has 1 fully saturated rings. The summed E-state index contributed by atoms with van der Waals surface area (Å²) in [6.45, 7) is 3.07. The summed E-state index contributed by atoms with van der Waals surface area (Å²) in [5.41, 5.74) is 6.38. The minimum atomic E-state index is -0.164. The average Bonchev–Trinajstić information content (AvgIpc) is 3.19. The molecule has 3 aromatic carbocycles. The highest BCUT2D eigenvalue weighted by Crippen LogP contribution is 2.49. The van der Waals surface area contributed by atoms with Crippen LogP contribution in [0, 0.1) is 11.7 Å². The highest BCUT2D eigenvalue weighted by atomic mass is 19.1. The van der Waals surface area contributed by atoms with Gasteiger partial charge >= 0.3 is 0 Å². The standard InChI is InChI=1S/C29H29FN2O/c1-33-24-9-5-8-21(14-24)29-12-13-32(18-20-6-3-2-4-7-20)19-22(29)15-25-26-16-23(30)10-11-27(26)31-28(25)17-29/h2-11,14,16,22,31H,12-13,15,17-19H2,1H3. The van der Waals surface area contributed by atoms with Crippen molar-refractivity contribution in [2.24, 2.45) is 5.92 Å². The Balaban J connectivity index is 1.41. The van der Waals surface area contributed by atoms with Gasteiger partial charge in [0.2, 0.25) is 0 Å². The topological polar surface area (TPSA) is 28.3 Å². The van der Waals surface area contributed by atoms with Gasteiger partial charge in [0, 0.05) is 35.1 Å². The van der Waals surface area contributed by atoms with Crippen molar-refractivity contribution in [1.82, 2.24) is 9.88 Å². The maximum atomic E-state index is 14.1. The Morgan fingerprint density at radius 2 is 1.94 bits per heavy atom. The predicted molar refractivity (Wildman–Crippen MR) is 130 cm³/mol. The SMILES string of the molecule is COc1cccc(C23CCN(Cc4ccccc4)CC2Cc2c([nH]c4ccc(F)cc24)C3)c1. The van der Waals surface area contributed by atoms with E-state index in [1.807, 2.05) is 12.1 Å². The molecular formula is C29H29FN2O. The molecule has 4 heteroatoms. The van der Waals surface area contributed by atoms with Crippen LogP contribution in [0.2, 0.25) is 0 Å². The molecule has 1 aliphatic heterocycles. The number of aromatic amines is 1. The summed E-state index contributed by atoms with van der Waals surface area (Å²) in [7, 11) is 1.74. The van der Waals surface area contributed by atoms with Crippen molar-refractivity contribution in [1.29, 1.82) is 0 Å². The number of likely N-dealkylation sites (tertiary alicyclic amines) is 1. The molecule has 2 unspecified atom stereocenters. The lowest BCUT2D eigenvalue weighted by molar-refractivity contribution is 0.0765. The van der Waals surface area contributed by atoms with Crippen LogP contribution in [0.5, 0.6) is 5.75 Å². The molecule has 0 bridgehead atoms. The third kappa shape index (κ3) is 3.53. The number of nitrogens with one attached hydrogen (secondary N) is 1. The lowest BCUT2D eigenvalue weighted by atomic mass is 9.58. The molecule has 1 saturated heterocycles. The van der Waals surface area contributed by atoms with Gasteiger partial charge in [-0.25, -0.2) is 4.39 Å². The van der Waals surface area contributed by atoms with Crippen LogP contribution in [-0.4, -0.2) is 30.1 Å². The molecule has 0 saturated carbocycles. The summed E-state index contributed by atoms with van der Waals surface area (Å²) in [5.74, 6) is 1.21. The van der Waals surface area contributed by atoms with Gasteiger partial charge in [-0.2, -0.15) is 0 Å². The monoisotopic (exact) mass is 440 g/mol. The van der Waals surface area contributed by atoms with E-state index < -0.39 is 0 Å². The fraction of sp³-hybridized carbons (Fsp3) is 0.310. The molecule has 168 valence electrons. The number of hydrogen-bond acceptors (Lipinski definition) is 2. The van der Waals surface area contributed by atoms with Gasteiger partial charge in [-0.05, 0) is 78.7 Å². The molecule has 3 nitrogen and oxygen atoms in total. The van der Waals surface area contributed by atoms with E-state index in [9.17, 15) is 4.39 Å². The number of ether oxygens (including phenoxy) is 1. The van der Waals surface area contributed by atoms with Gasteiger partial charge in [0.1, 0.15) is 11.6 Å². The summed E-state index contributed by atoms with van der Waals surface area (Å²) >= 11 is 0. The Morgan fingerprint density at radius 1 is 1.06 bits per heavy atom. The minimum Gasteiger partial charge on any atom is -0.497 e. The normalized spacial score (nSPS) is 22.7. The fourth-order valence-corrected chi connectivity index (χ4v) is 6.25. The second-order valence-corrected chi connectivity index (χ2v) is 9.71. The van der Waals surface area contributed by atoms with Gasteiger partial charge in [-0.1, -0.05) is 42.5 Å². The van der Waals surface area contributed by atoms with E-state index in [-0.39, 0.29) is 11.2 Å². The zero-order valence-corrected chi connectivity index (χ0v) is 19.0. The largest absolute Gasteiger partial charge is 0.497 e. The molecule has 0 radical (unpaired) electrons. The van der Waals surface area contributed by atoms with Gasteiger partial charge in [0.05, 0.1) is 7.11 Å². The number of H-pyrrole nitrogens is 1. The van der Waals surface area contributed by atoms with Crippen molar-refractivity contribution in [3.05, 3.63) is 101 Å². The number of methoxy groups -OCH3 is 1. The van der Waals surface area contributed by atoms with Gasteiger partial charge in [0.15, 0.2) is 0 Å². The number of nitrogens with zero attached hydrogens (tertiary/aromatic N) is 1. The molecule has 0 spiro atoms. The summed E-state index contributed by atoms with van der Waals surface area (Å²) in [4.78, 5) is 6.24. The lowest BCUT2D eigenvalue weighted by Gasteiger charge is -2.51. The summed E-state index contributed by atoms with van der Waals surface area (Å²) < 4.78 is 19.7. The first kappa shape index (κ1) is 20.5. The maximum absolute atomic E-state index is 14.1. The third-order valence-corrected chi connectivity index (χ3v) is 7.93. The van der Waals surface area contributed by atoms with Crippen LogP contribution in [0.25, 0.3) is 10.9 Å². The van der Waals surface area contributed by atoms with Crippen molar-refractivity contribution < 1.29 is 9.13 Å². The predicted octanol–water partition coefficient (Wildman–Crippen LogP) is 5.87. The summed E-state index contributed by atoms with van der Waals surface area (Å²) in [5, 5.41) is 1.05. The van der Waals surface area contributed by atoms with E-state index in [4.69, 9.17) is 4.74 Å². The smallest absolute Gasteiger partial charge is 0.123 e. The van der Waals surface area contributed by atoms with E-state index in [1.54, 1.807) is 19.2 Å². The molecule has 0 amide bonds. The summed E-state index contributed by atoms with van der Waals surface area (Å²) in [6.07, 6.45) is 3.01. The number of halogens is 1. The number of aromatic nitrogens is 1. The van der Waals surface area contributed by atoms with E-state index >= 15 is 0 Å². The molecule has 2 aliphatic rings. The fourth-order valence-electron chi connectivity index (χ4n) is 6.25. The molecule has 1 aromatic heterocycles. The van der Waals surface area contributed by atoms with E-state index in [1.165, 1.54) is 22.4 Å². The van der Waals surface area contributed by atoms with Crippen LogP contribution in [0.3, 0.4) is 0 Å². The second kappa shape index (κ2) is 8.03. The van der Waals surface area contributed by atoms with Crippen molar-refractivity contribution in [2.45, 2.75) is 31.2 Å². The zero-order chi connectivity index (χ0) is 22.4. The van der Waals surface area contributed by atoms with Crippen LogP contribution in [0.4, 0.5) is 4.39 Å². The van der Waals surface area contributed by atoms with E-state index in [0.29, 0.717) is 5.92 Å². The number of piperidine rings is 1. The second-order valence-electron chi connectivity index (χ2n) is 9.71. The number of rotatable bonds is 4.